The molecule has 59 valence electrons. The Morgan fingerprint density at radius 2 is 1.30 bits per heavy atom. The molecule has 0 spiro atoms. The molecule has 0 fully saturated rings. The second-order valence-corrected chi connectivity index (χ2v) is 1.85. The van der Waals surface area contributed by atoms with Crippen molar-refractivity contribution in [3.05, 3.63) is 18.2 Å². The first-order valence-electron chi connectivity index (χ1n) is 2.61. The Morgan fingerprint density at radius 3 is 1.60 bits per heavy atom. The van der Waals surface area contributed by atoms with Crippen molar-refractivity contribution in [3.63, 3.8) is 0 Å². The van der Waals surface area contributed by atoms with Crippen LogP contribution in [0.2, 0.25) is 0 Å². The molecule has 3 nitrogen and oxygen atoms in total. The van der Waals surface area contributed by atoms with Crippen LogP contribution in [0, 0.1) is 0 Å². The third kappa shape index (κ3) is 1.56. The van der Waals surface area contributed by atoms with Crippen molar-refractivity contribution < 1.29 is 17.1 Å². The number of nitrogen functional groups attached to an aromatic ring is 3. The maximum atomic E-state index is 5.43. The summed E-state index contributed by atoms with van der Waals surface area (Å²) < 4.78 is 0. The van der Waals surface area contributed by atoms with Gasteiger partial charge in [0.1, 0.15) is 0 Å². The molecule has 0 atom stereocenters. The third-order valence-corrected chi connectivity index (χ3v) is 1.17. The zero-order valence-corrected chi connectivity index (χ0v) is 6.21. The van der Waals surface area contributed by atoms with E-state index in [9.17, 15) is 0 Å². The minimum Gasteiger partial charge on any atom is -0.397 e. The second-order valence-electron chi connectivity index (χ2n) is 1.85. The van der Waals surface area contributed by atoms with E-state index in [0.29, 0.717) is 17.1 Å². The van der Waals surface area contributed by atoms with Gasteiger partial charge >= 0.3 is 0 Å². The van der Waals surface area contributed by atoms with Gasteiger partial charge in [-0.3, -0.25) is 0 Å². The fourth-order valence-corrected chi connectivity index (χ4v) is 0.602. The minimum absolute atomic E-state index is 0. The van der Waals surface area contributed by atoms with Gasteiger partial charge in [0, 0.05) is 17.1 Å². The summed E-state index contributed by atoms with van der Waals surface area (Å²) in [5, 5.41) is 0. The minimum atomic E-state index is 0. The van der Waals surface area contributed by atoms with Gasteiger partial charge < -0.3 is 17.2 Å². The fraction of sp³-hybridized carbons (Fsp3) is 0. The zero-order valence-electron chi connectivity index (χ0n) is 5.27. The molecule has 0 saturated heterocycles. The molecular weight excluding hydrogens is 178 g/mol. The molecule has 0 unspecified atom stereocenters. The van der Waals surface area contributed by atoms with Crippen molar-refractivity contribution in [1.82, 2.24) is 0 Å². The maximum absolute atomic E-state index is 5.43. The molecule has 1 aromatic rings. The summed E-state index contributed by atoms with van der Waals surface area (Å²) in [6.45, 7) is 0. The average Bonchev–Trinajstić information content (AvgIpc) is 1.83. The number of nitrogens with two attached hydrogens (primary N) is 3. The first-order chi connectivity index (χ1) is 4.22. The maximum Gasteiger partial charge on any atom is 0.0781 e. The molecular formula is C6H9CuN3. The summed E-state index contributed by atoms with van der Waals surface area (Å²) in [6.07, 6.45) is 0. The van der Waals surface area contributed by atoms with E-state index in [1.165, 1.54) is 0 Å². The molecule has 0 aliphatic heterocycles. The number of para-hydroxylation sites is 1. The fourth-order valence-electron chi connectivity index (χ4n) is 0.602. The summed E-state index contributed by atoms with van der Waals surface area (Å²) in [6, 6.07) is 5.19. The molecule has 0 aliphatic carbocycles. The number of rotatable bonds is 0. The summed E-state index contributed by atoms with van der Waals surface area (Å²) >= 11 is 0. The van der Waals surface area contributed by atoms with Gasteiger partial charge in [0.15, 0.2) is 0 Å². The van der Waals surface area contributed by atoms with E-state index < -0.39 is 0 Å². The molecule has 0 saturated carbocycles. The monoisotopic (exact) mass is 186 g/mol. The Morgan fingerprint density at radius 1 is 0.900 bits per heavy atom. The Labute approximate surface area is 70.0 Å². The number of hydrogen-bond donors (Lipinski definition) is 3. The van der Waals surface area contributed by atoms with Crippen LogP contribution in [-0.4, -0.2) is 0 Å². The van der Waals surface area contributed by atoms with E-state index in [1.807, 2.05) is 0 Å². The van der Waals surface area contributed by atoms with Crippen LogP contribution in [0.4, 0.5) is 17.1 Å². The molecule has 1 aromatic carbocycles. The molecule has 1 rings (SSSR count). The SMILES string of the molecule is Nc1cccc(N)c1N.[Cu]. The van der Waals surface area contributed by atoms with Gasteiger partial charge in [0.2, 0.25) is 0 Å². The Bertz CT molecular complexity index is 204. The summed E-state index contributed by atoms with van der Waals surface area (Å²) in [5.41, 5.74) is 17.8. The van der Waals surface area contributed by atoms with Gasteiger partial charge in [-0.2, -0.15) is 0 Å². The topological polar surface area (TPSA) is 78.1 Å². The van der Waals surface area contributed by atoms with Crippen LogP contribution < -0.4 is 17.2 Å². The van der Waals surface area contributed by atoms with Crippen LogP contribution in [0.3, 0.4) is 0 Å². The molecule has 6 N–H and O–H groups in total. The van der Waals surface area contributed by atoms with Gasteiger partial charge in [0.05, 0.1) is 17.1 Å². The Kier molecular flexibility index (Phi) is 3.06. The quantitative estimate of drug-likeness (QED) is 0.406. The smallest absolute Gasteiger partial charge is 0.0781 e. The molecule has 1 radical (unpaired) electrons. The summed E-state index contributed by atoms with van der Waals surface area (Å²) in [5.74, 6) is 0. The van der Waals surface area contributed by atoms with Gasteiger partial charge in [-0.15, -0.1) is 0 Å². The standard InChI is InChI=1S/C6H9N3.Cu/c7-4-2-1-3-5(8)6(4)9;/h1-3H,7-9H2;. The predicted molar refractivity (Wildman–Crippen MR) is 39.7 cm³/mol. The number of benzene rings is 1. The van der Waals surface area contributed by atoms with E-state index in [4.69, 9.17) is 17.2 Å². The van der Waals surface area contributed by atoms with Gasteiger partial charge in [-0.05, 0) is 12.1 Å². The molecule has 0 aromatic heterocycles. The van der Waals surface area contributed by atoms with Crippen molar-refractivity contribution in [2.24, 2.45) is 0 Å². The van der Waals surface area contributed by atoms with Crippen LogP contribution in [-0.2, 0) is 17.1 Å². The van der Waals surface area contributed by atoms with E-state index in [2.05, 4.69) is 0 Å². The van der Waals surface area contributed by atoms with Crippen LogP contribution in [0.5, 0.6) is 0 Å². The van der Waals surface area contributed by atoms with E-state index in [1.54, 1.807) is 18.2 Å². The van der Waals surface area contributed by atoms with Gasteiger partial charge in [-0.1, -0.05) is 6.07 Å². The van der Waals surface area contributed by atoms with Crippen molar-refractivity contribution in [2.45, 2.75) is 0 Å². The van der Waals surface area contributed by atoms with Gasteiger partial charge in [-0.25, -0.2) is 0 Å². The predicted octanol–water partition coefficient (Wildman–Crippen LogP) is 0.431. The molecule has 4 heteroatoms. The number of anilines is 3. The third-order valence-electron chi connectivity index (χ3n) is 1.17. The van der Waals surface area contributed by atoms with E-state index >= 15 is 0 Å². The van der Waals surface area contributed by atoms with E-state index in [-0.39, 0.29) is 17.1 Å². The first-order valence-corrected chi connectivity index (χ1v) is 2.61. The molecule has 0 amide bonds. The van der Waals surface area contributed by atoms with E-state index in [0.717, 1.165) is 0 Å². The molecule has 0 bridgehead atoms. The molecule has 0 heterocycles. The average molecular weight is 187 g/mol. The van der Waals surface area contributed by atoms with Crippen LogP contribution in [0.15, 0.2) is 18.2 Å². The Balaban J connectivity index is 0.000000810. The normalized spacial score (nSPS) is 8.40. The second kappa shape index (κ2) is 3.34. The van der Waals surface area contributed by atoms with Crippen molar-refractivity contribution in [3.8, 4) is 0 Å². The number of hydrogen-bond acceptors (Lipinski definition) is 3. The summed E-state index contributed by atoms with van der Waals surface area (Å²) in [4.78, 5) is 0. The zero-order chi connectivity index (χ0) is 6.85. The largest absolute Gasteiger partial charge is 0.397 e. The summed E-state index contributed by atoms with van der Waals surface area (Å²) in [7, 11) is 0. The van der Waals surface area contributed by atoms with Crippen LogP contribution in [0.1, 0.15) is 0 Å². The first kappa shape index (κ1) is 9.14. The van der Waals surface area contributed by atoms with Crippen molar-refractivity contribution >= 4 is 17.1 Å². The Hall–Kier alpha value is -0.861. The van der Waals surface area contributed by atoms with Crippen molar-refractivity contribution in [1.29, 1.82) is 0 Å². The van der Waals surface area contributed by atoms with Crippen LogP contribution in [0.25, 0.3) is 0 Å². The van der Waals surface area contributed by atoms with Crippen LogP contribution >= 0.6 is 0 Å². The van der Waals surface area contributed by atoms with Crippen molar-refractivity contribution in [2.75, 3.05) is 17.2 Å². The molecule has 10 heavy (non-hydrogen) atoms. The van der Waals surface area contributed by atoms with Gasteiger partial charge in [0.25, 0.3) is 0 Å². The molecule has 0 aliphatic rings.